The van der Waals surface area contributed by atoms with Gasteiger partial charge in [-0.1, -0.05) is 0 Å². The Morgan fingerprint density at radius 1 is 1.60 bits per heavy atom. The first kappa shape index (κ1) is 11.1. The van der Waals surface area contributed by atoms with Crippen molar-refractivity contribution < 1.29 is 8.42 Å². The molecule has 3 nitrogen and oxygen atoms in total. The van der Waals surface area contributed by atoms with Crippen molar-refractivity contribution in [1.29, 1.82) is 0 Å². The van der Waals surface area contributed by atoms with Crippen LogP contribution in [0.3, 0.4) is 0 Å². The summed E-state index contributed by atoms with van der Waals surface area (Å²) in [5.41, 5.74) is 1.24. The molecule has 2 rings (SSSR count). The number of rotatable bonds is 3. The van der Waals surface area contributed by atoms with Crippen LogP contribution in [-0.2, 0) is 9.84 Å². The van der Waals surface area contributed by atoms with Crippen LogP contribution in [-0.4, -0.2) is 26.0 Å². The summed E-state index contributed by atoms with van der Waals surface area (Å²) in [4.78, 5) is 0. The molecule has 0 spiro atoms. The Morgan fingerprint density at radius 3 is 2.93 bits per heavy atom. The number of thiophene rings is 1. The molecule has 1 aliphatic rings. The van der Waals surface area contributed by atoms with E-state index in [1.165, 1.54) is 5.56 Å². The largest absolute Gasteiger partial charge is 0.306 e. The van der Waals surface area contributed by atoms with E-state index in [9.17, 15) is 8.42 Å². The summed E-state index contributed by atoms with van der Waals surface area (Å²) >= 11 is 1.67. The standard InChI is InChI=1S/C10H15NO2S2/c1-8(9-2-4-14-6-9)11-10-3-5-15(12,13)7-10/h2,4,6,8,10-11H,3,5,7H2,1H3. The minimum absolute atomic E-state index is 0.130. The summed E-state index contributed by atoms with van der Waals surface area (Å²) < 4.78 is 22.5. The molecule has 1 aromatic rings. The van der Waals surface area contributed by atoms with Gasteiger partial charge in [0.2, 0.25) is 0 Å². The second-order valence-electron chi connectivity index (χ2n) is 4.04. The molecule has 1 N–H and O–H groups in total. The highest BCUT2D eigenvalue weighted by Gasteiger charge is 2.28. The third-order valence-electron chi connectivity index (χ3n) is 2.76. The van der Waals surface area contributed by atoms with Crippen molar-refractivity contribution in [2.45, 2.75) is 25.4 Å². The molecule has 0 amide bonds. The van der Waals surface area contributed by atoms with Crippen LogP contribution in [0.4, 0.5) is 0 Å². The van der Waals surface area contributed by atoms with Crippen LogP contribution in [0.1, 0.15) is 24.9 Å². The van der Waals surface area contributed by atoms with E-state index < -0.39 is 9.84 Å². The molecule has 5 heteroatoms. The van der Waals surface area contributed by atoms with Crippen LogP contribution in [0.5, 0.6) is 0 Å². The van der Waals surface area contributed by atoms with Gasteiger partial charge < -0.3 is 5.32 Å². The number of nitrogens with one attached hydrogen (secondary N) is 1. The van der Waals surface area contributed by atoms with Gasteiger partial charge in [0.15, 0.2) is 9.84 Å². The van der Waals surface area contributed by atoms with Crippen molar-refractivity contribution >= 4 is 21.2 Å². The van der Waals surface area contributed by atoms with E-state index >= 15 is 0 Å². The molecule has 1 aromatic heterocycles. The molecule has 0 aliphatic carbocycles. The SMILES string of the molecule is CC(NC1CCS(=O)(=O)C1)c1ccsc1. The van der Waals surface area contributed by atoms with Crippen LogP contribution >= 0.6 is 11.3 Å². The zero-order chi connectivity index (χ0) is 10.9. The maximum absolute atomic E-state index is 11.3. The van der Waals surface area contributed by atoms with Crippen LogP contribution in [0, 0.1) is 0 Å². The van der Waals surface area contributed by atoms with Gasteiger partial charge in [0.1, 0.15) is 0 Å². The minimum Gasteiger partial charge on any atom is -0.306 e. The normalized spacial score (nSPS) is 26.6. The van der Waals surface area contributed by atoms with E-state index in [0.717, 1.165) is 6.42 Å². The predicted molar refractivity (Wildman–Crippen MR) is 62.9 cm³/mol. The Hall–Kier alpha value is -0.390. The first-order valence-electron chi connectivity index (χ1n) is 5.05. The zero-order valence-electron chi connectivity index (χ0n) is 8.64. The van der Waals surface area contributed by atoms with Crippen molar-refractivity contribution in [3.63, 3.8) is 0 Å². The summed E-state index contributed by atoms with van der Waals surface area (Å²) in [6.45, 7) is 2.08. The minimum atomic E-state index is -2.77. The predicted octanol–water partition coefficient (Wildman–Crippen LogP) is 1.59. The molecule has 1 saturated heterocycles. The second-order valence-corrected chi connectivity index (χ2v) is 7.05. The lowest BCUT2D eigenvalue weighted by Crippen LogP contribution is -2.32. The summed E-state index contributed by atoms with van der Waals surface area (Å²) in [6, 6.07) is 2.45. The molecule has 84 valence electrons. The van der Waals surface area contributed by atoms with Gasteiger partial charge in [0.25, 0.3) is 0 Å². The average Bonchev–Trinajstić information content (AvgIpc) is 2.74. The second kappa shape index (κ2) is 4.23. The molecule has 2 unspecified atom stereocenters. The van der Waals surface area contributed by atoms with Crippen molar-refractivity contribution in [3.8, 4) is 0 Å². The first-order chi connectivity index (χ1) is 7.07. The van der Waals surface area contributed by atoms with Crippen LogP contribution in [0.25, 0.3) is 0 Å². The smallest absolute Gasteiger partial charge is 0.151 e. The molecule has 2 heterocycles. The molecule has 0 saturated carbocycles. The number of hydrogen-bond acceptors (Lipinski definition) is 4. The molecule has 1 aliphatic heterocycles. The van der Waals surface area contributed by atoms with Crippen LogP contribution < -0.4 is 5.32 Å². The van der Waals surface area contributed by atoms with Crippen LogP contribution in [0.15, 0.2) is 16.8 Å². The summed E-state index contributed by atoms with van der Waals surface area (Å²) in [5, 5.41) is 7.50. The Morgan fingerprint density at radius 2 is 2.40 bits per heavy atom. The highest BCUT2D eigenvalue weighted by atomic mass is 32.2. The Balaban J connectivity index is 1.94. The topological polar surface area (TPSA) is 46.2 Å². The van der Waals surface area contributed by atoms with Crippen molar-refractivity contribution in [1.82, 2.24) is 5.32 Å². The van der Waals surface area contributed by atoms with Gasteiger partial charge in [-0.05, 0) is 35.7 Å². The first-order valence-corrected chi connectivity index (χ1v) is 7.82. The number of sulfone groups is 1. The molecule has 0 aromatic carbocycles. The fourth-order valence-corrected chi connectivity index (χ4v) is 4.34. The number of hydrogen-bond donors (Lipinski definition) is 1. The highest BCUT2D eigenvalue weighted by Crippen LogP contribution is 2.19. The van der Waals surface area contributed by atoms with E-state index in [-0.39, 0.29) is 12.1 Å². The molecule has 1 fully saturated rings. The van der Waals surface area contributed by atoms with Gasteiger partial charge in [0, 0.05) is 12.1 Å². The third-order valence-corrected chi connectivity index (χ3v) is 5.23. The van der Waals surface area contributed by atoms with Gasteiger partial charge in [-0.15, -0.1) is 0 Å². The fraction of sp³-hybridized carbons (Fsp3) is 0.600. The van der Waals surface area contributed by atoms with E-state index in [2.05, 4.69) is 23.7 Å². The lowest BCUT2D eigenvalue weighted by Gasteiger charge is -2.17. The average molecular weight is 245 g/mol. The summed E-state index contributed by atoms with van der Waals surface area (Å²) in [7, 11) is -2.77. The van der Waals surface area contributed by atoms with Crippen molar-refractivity contribution in [2.75, 3.05) is 11.5 Å². The lowest BCUT2D eigenvalue weighted by molar-refractivity contribution is 0.485. The van der Waals surface area contributed by atoms with Gasteiger partial charge >= 0.3 is 0 Å². The van der Waals surface area contributed by atoms with E-state index in [1.54, 1.807) is 11.3 Å². The maximum Gasteiger partial charge on any atom is 0.151 e. The summed E-state index contributed by atoms with van der Waals surface area (Å²) in [6.07, 6.45) is 0.747. The molecule has 0 radical (unpaired) electrons. The van der Waals surface area contributed by atoms with E-state index in [0.29, 0.717) is 11.5 Å². The monoisotopic (exact) mass is 245 g/mol. The Labute approximate surface area is 94.4 Å². The van der Waals surface area contributed by atoms with Gasteiger partial charge in [-0.25, -0.2) is 8.42 Å². The zero-order valence-corrected chi connectivity index (χ0v) is 10.3. The molecule has 15 heavy (non-hydrogen) atoms. The Kier molecular flexibility index (Phi) is 3.13. The van der Waals surface area contributed by atoms with Crippen molar-refractivity contribution in [2.24, 2.45) is 0 Å². The van der Waals surface area contributed by atoms with E-state index in [4.69, 9.17) is 0 Å². The maximum atomic E-state index is 11.3. The van der Waals surface area contributed by atoms with Gasteiger partial charge in [0.05, 0.1) is 11.5 Å². The molecular weight excluding hydrogens is 230 g/mol. The van der Waals surface area contributed by atoms with Gasteiger partial charge in [-0.3, -0.25) is 0 Å². The van der Waals surface area contributed by atoms with Gasteiger partial charge in [-0.2, -0.15) is 11.3 Å². The lowest BCUT2D eigenvalue weighted by atomic mass is 10.1. The third kappa shape index (κ3) is 2.80. The molecular formula is C10H15NO2S2. The van der Waals surface area contributed by atoms with Crippen molar-refractivity contribution in [3.05, 3.63) is 22.4 Å². The Bertz CT molecular complexity index is 411. The quantitative estimate of drug-likeness (QED) is 0.879. The molecule has 0 bridgehead atoms. The van der Waals surface area contributed by atoms with Crippen LogP contribution in [0.2, 0.25) is 0 Å². The fourth-order valence-electron chi connectivity index (χ4n) is 1.90. The van der Waals surface area contributed by atoms with E-state index in [1.807, 2.05) is 5.38 Å². The highest BCUT2D eigenvalue weighted by molar-refractivity contribution is 7.91. The molecule has 2 atom stereocenters. The summed E-state index contributed by atoms with van der Waals surface area (Å²) in [5.74, 6) is 0.627.